The molecule has 1 aliphatic rings. The third kappa shape index (κ3) is 2.67. The van der Waals surface area contributed by atoms with Crippen molar-refractivity contribution in [3.8, 4) is 0 Å². The normalized spacial score (nSPS) is 22.1. The quantitative estimate of drug-likeness (QED) is 0.756. The average molecular weight is 238 g/mol. The standard InChI is InChI=1S/C14H22OS/c1-10-11(2)14(16-12(10)3)9-13-5-4-7-15-8-6-13/h13H,4-9H2,1-3H3. The van der Waals surface area contributed by atoms with Crippen LogP contribution < -0.4 is 0 Å². The van der Waals surface area contributed by atoms with Crippen molar-refractivity contribution in [3.05, 3.63) is 20.9 Å². The van der Waals surface area contributed by atoms with Gasteiger partial charge in [0.2, 0.25) is 0 Å². The van der Waals surface area contributed by atoms with Gasteiger partial charge in [-0.05, 0) is 63.5 Å². The highest BCUT2D eigenvalue weighted by Gasteiger charge is 2.16. The van der Waals surface area contributed by atoms with Crippen LogP contribution >= 0.6 is 11.3 Å². The molecule has 2 heterocycles. The van der Waals surface area contributed by atoms with E-state index in [4.69, 9.17) is 4.74 Å². The molecule has 0 radical (unpaired) electrons. The summed E-state index contributed by atoms with van der Waals surface area (Å²) in [5.41, 5.74) is 3.04. The van der Waals surface area contributed by atoms with Crippen molar-refractivity contribution in [2.24, 2.45) is 5.92 Å². The zero-order valence-electron chi connectivity index (χ0n) is 10.6. The minimum absolute atomic E-state index is 0.846. The van der Waals surface area contributed by atoms with Gasteiger partial charge in [0.25, 0.3) is 0 Å². The molecular formula is C14H22OS. The maximum atomic E-state index is 5.52. The Kier molecular flexibility index (Phi) is 4.04. The zero-order chi connectivity index (χ0) is 11.5. The lowest BCUT2D eigenvalue weighted by molar-refractivity contribution is 0.141. The smallest absolute Gasteiger partial charge is 0.0468 e. The third-order valence-electron chi connectivity index (χ3n) is 3.83. The number of ether oxygens (including phenoxy) is 1. The Morgan fingerprint density at radius 3 is 2.62 bits per heavy atom. The van der Waals surface area contributed by atoms with Crippen LogP contribution in [-0.2, 0) is 11.2 Å². The van der Waals surface area contributed by atoms with Crippen LogP contribution in [0.5, 0.6) is 0 Å². The Hall–Kier alpha value is -0.340. The summed E-state index contributed by atoms with van der Waals surface area (Å²) in [5, 5.41) is 0. The molecule has 1 nitrogen and oxygen atoms in total. The van der Waals surface area contributed by atoms with E-state index >= 15 is 0 Å². The molecular weight excluding hydrogens is 216 g/mol. The van der Waals surface area contributed by atoms with Gasteiger partial charge >= 0.3 is 0 Å². The van der Waals surface area contributed by atoms with E-state index in [2.05, 4.69) is 20.8 Å². The first kappa shape index (κ1) is 12.1. The molecule has 1 fully saturated rings. The second-order valence-corrected chi connectivity index (χ2v) is 6.25. The fourth-order valence-corrected chi connectivity index (χ4v) is 3.74. The number of aryl methyl sites for hydroxylation is 1. The van der Waals surface area contributed by atoms with Crippen molar-refractivity contribution in [1.29, 1.82) is 0 Å². The molecule has 1 aromatic heterocycles. The lowest BCUT2D eigenvalue weighted by Gasteiger charge is -2.12. The van der Waals surface area contributed by atoms with Gasteiger partial charge in [-0.15, -0.1) is 11.3 Å². The monoisotopic (exact) mass is 238 g/mol. The summed E-state index contributed by atoms with van der Waals surface area (Å²) in [7, 11) is 0. The molecule has 1 saturated heterocycles. The van der Waals surface area contributed by atoms with Crippen molar-refractivity contribution >= 4 is 11.3 Å². The summed E-state index contributed by atoms with van der Waals surface area (Å²) < 4.78 is 5.52. The summed E-state index contributed by atoms with van der Waals surface area (Å²) in [6.45, 7) is 8.71. The van der Waals surface area contributed by atoms with Crippen LogP contribution in [0.15, 0.2) is 0 Å². The molecule has 2 heteroatoms. The van der Waals surface area contributed by atoms with Crippen LogP contribution in [0, 0.1) is 26.7 Å². The lowest BCUT2D eigenvalue weighted by atomic mass is 9.94. The predicted molar refractivity (Wildman–Crippen MR) is 70.4 cm³/mol. The van der Waals surface area contributed by atoms with Gasteiger partial charge in [0.05, 0.1) is 0 Å². The van der Waals surface area contributed by atoms with Crippen LogP contribution in [-0.4, -0.2) is 13.2 Å². The van der Waals surface area contributed by atoms with E-state index in [0.717, 1.165) is 19.1 Å². The molecule has 1 atom stereocenters. The minimum atomic E-state index is 0.846. The van der Waals surface area contributed by atoms with Crippen LogP contribution in [0.4, 0.5) is 0 Å². The highest BCUT2D eigenvalue weighted by Crippen LogP contribution is 2.31. The Morgan fingerprint density at radius 2 is 1.94 bits per heavy atom. The van der Waals surface area contributed by atoms with E-state index in [1.165, 1.54) is 41.7 Å². The molecule has 0 saturated carbocycles. The molecule has 0 aromatic carbocycles. The van der Waals surface area contributed by atoms with Crippen LogP contribution in [0.1, 0.15) is 40.1 Å². The number of hydrogen-bond donors (Lipinski definition) is 0. The maximum absolute atomic E-state index is 5.52. The molecule has 90 valence electrons. The predicted octanol–water partition coefficient (Wildman–Crippen LogP) is 4.03. The highest BCUT2D eigenvalue weighted by atomic mass is 32.1. The summed E-state index contributed by atoms with van der Waals surface area (Å²) in [5.74, 6) is 0.846. The number of thiophene rings is 1. The first-order valence-electron chi connectivity index (χ1n) is 6.31. The number of hydrogen-bond acceptors (Lipinski definition) is 2. The van der Waals surface area contributed by atoms with E-state index in [9.17, 15) is 0 Å². The molecule has 16 heavy (non-hydrogen) atoms. The molecule has 1 aromatic rings. The molecule has 1 unspecified atom stereocenters. The van der Waals surface area contributed by atoms with Gasteiger partial charge in [-0.25, -0.2) is 0 Å². The second kappa shape index (κ2) is 5.33. The molecule has 0 N–H and O–H groups in total. The van der Waals surface area contributed by atoms with Gasteiger partial charge in [-0.2, -0.15) is 0 Å². The SMILES string of the molecule is Cc1sc(CC2CCCOCC2)c(C)c1C. The first-order chi connectivity index (χ1) is 7.68. The average Bonchev–Trinajstić information content (AvgIpc) is 2.53. The maximum Gasteiger partial charge on any atom is 0.0468 e. The second-order valence-electron chi connectivity index (χ2n) is 4.94. The topological polar surface area (TPSA) is 9.23 Å². The van der Waals surface area contributed by atoms with Gasteiger partial charge in [0, 0.05) is 23.0 Å². The van der Waals surface area contributed by atoms with Crippen molar-refractivity contribution < 1.29 is 4.74 Å². The van der Waals surface area contributed by atoms with Crippen molar-refractivity contribution in [2.75, 3.05) is 13.2 Å². The fourth-order valence-electron chi connectivity index (χ4n) is 2.44. The van der Waals surface area contributed by atoms with Crippen LogP contribution in [0.25, 0.3) is 0 Å². The summed E-state index contributed by atoms with van der Waals surface area (Å²) in [6, 6.07) is 0. The van der Waals surface area contributed by atoms with E-state index in [0.29, 0.717) is 0 Å². The summed E-state index contributed by atoms with van der Waals surface area (Å²) in [4.78, 5) is 3.11. The van der Waals surface area contributed by atoms with Gasteiger partial charge in [0.1, 0.15) is 0 Å². The molecule has 0 amide bonds. The highest BCUT2D eigenvalue weighted by molar-refractivity contribution is 7.12. The molecule has 0 spiro atoms. The van der Waals surface area contributed by atoms with Gasteiger partial charge in [-0.1, -0.05) is 0 Å². The van der Waals surface area contributed by atoms with Crippen molar-refractivity contribution in [2.45, 2.75) is 46.5 Å². The molecule has 0 aliphatic carbocycles. The Balaban J connectivity index is 2.04. The van der Waals surface area contributed by atoms with Crippen LogP contribution in [0.3, 0.4) is 0 Å². The zero-order valence-corrected chi connectivity index (χ0v) is 11.5. The third-order valence-corrected chi connectivity index (χ3v) is 5.16. The van der Waals surface area contributed by atoms with Gasteiger partial charge in [-0.3, -0.25) is 0 Å². The summed E-state index contributed by atoms with van der Waals surface area (Å²) in [6.07, 6.45) is 5.10. The van der Waals surface area contributed by atoms with E-state index < -0.39 is 0 Å². The van der Waals surface area contributed by atoms with Crippen molar-refractivity contribution in [3.63, 3.8) is 0 Å². The lowest BCUT2D eigenvalue weighted by Crippen LogP contribution is -2.04. The summed E-state index contributed by atoms with van der Waals surface area (Å²) >= 11 is 2.00. The molecule has 1 aliphatic heterocycles. The van der Waals surface area contributed by atoms with Crippen LogP contribution in [0.2, 0.25) is 0 Å². The van der Waals surface area contributed by atoms with E-state index in [1.807, 2.05) is 11.3 Å². The Morgan fingerprint density at radius 1 is 1.12 bits per heavy atom. The number of rotatable bonds is 2. The molecule has 0 bridgehead atoms. The van der Waals surface area contributed by atoms with Crippen molar-refractivity contribution in [1.82, 2.24) is 0 Å². The Bertz CT molecular complexity index is 346. The molecule has 2 rings (SSSR count). The van der Waals surface area contributed by atoms with E-state index in [1.54, 1.807) is 4.88 Å². The first-order valence-corrected chi connectivity index (χ1v) is 7.13. The minimum Gasteiger partial charge on any atom is -0.381 e. The van der Waals surface area contributed by atoms with Gasteiger partial charge < -0.3 is 4.74 Å². The Labute approximate surface area is 103 Å². The largest absolute Gasteiger partial charge is 0.381 e. The fraction of sp³-hybridized carbons (Fsp3) is 0.714. The van der Waals surface area contributed by atoms with Gasteiger partial charge in [0.15, 0.2) is 0 Å². The van der Waals surface area contributed by atoms with E-state index in [-0.39, 0.29) is 0 Å².